The number of anilines is 1. The van der Waals surface area contributed by atoms with Gasteiger partial charge in [-0.2, -0.15) is 0 Å². The average molecular weight is 357 g/mol. The van der Waals surface area contributed by atoms with Crippen LogP contribution < -0.4 is 5.32 Å². The maximum atomic E-state index is 11.6. The smallest absolute Gasteiger partial charge is 0.175 e. The predicted molar refractivity (Wildman–Crippen MR) is 96.1 cm³/mol. The minimum atomic E-state index is -3.20. The zero-order valence-electron chi connectivity index (χ0n) is 14.3. The number of hydrogen-bond donors (Lipinski definition) is 1. The monoisotopic (exact) mass is 357 g/mol. The molecule has 0 aliphatic carbocycles. The van der Waals surface area contributed by atoms with Crippen LogP contribution >= 0.6 is 0 Å². The molecule has 2 aromatic heterocycles. The highest BCUT2D eigenvalue weighted by Crippen LogP contribution is 2.23. The molecular formula is C18H19N3O3S. The van der Waals surface area contributed by atoms with E-state index in [0.717, 1.165) is 33.9 Å². The van der Waals surface area contributed by atoms with Crippen molar-refractivity contribution in [2.75, 3.05) is 11.6 Å². The van der Waals surface area contributed by atoms with Crippen molar-refractivity contribution in [3.8, 4) is 11.3 Å². The van der Waals surface area contributed by atoms with E-state index in [-0.39, 0.29) is 0 Å². The van der Waals surface area contributed by atoms with Gasteiger partial charge in [0.2, 0.25) is 0 Å². The van der Waals surface area contributed by atoms with Crippen LogP contribution in [0.4, 0.5) is 5.82 Å². The fourth-order valence-electron chi connectivity index (χ4n) is 2.45. The normalized spacial score (nSPS) is 11.5. The molecule has 0 fully saturated rings. The van der Waals surface area contributed by atoms with Gasteiger partial charge >= 0.3 is 0 Å². The third-order valence-corrected chi connectivity index (χ3v) is 4.99. The van der Waals surface area contributed by atoms with Crippen molar-refractivity contribution >= 4 is 15.7 Å². The minimum Gasteiger partial charge on any atom is -0.366 e. The molecule has 25 heavy (non-hydrogen) atoms. The Hall–Kier alpha value is -2.67. The summed E-state index contributed by atoms with van der Waals surface area (Å²) >= 11 is 0. The number of sulfone groups is 1. The highest BCUT2D eigenvalue weighted by molar-refractivity contribution is 7.90. The second-order valence-corrected chi connectivity index (χ2v) is 8.01. The summed E-state index contributed by atoms with van der Waals surface area (Å²) in [6.07, 6.45) is 2.81. The second kappa shape index (κ2) is 6.68. The fourth-order valence-corrected chi connectivity index (χ4v) is 3.08. The Kier molecular flexibility index (Phi) is 4.59. The minimum absolute atomic E-state index is 0.296. The van der Waals surface area contributed by atoms with Gasteiger partial charge in [-0.3, -0.25) is 0 Å². The number of pyridine rings is 1. The van der Waals surface area contributed by atoms with Crippen LogP contribution in [0.15, 0.2) is 52.1 Å². The summed E-state index contributed by atoms with van der Waals surface area (Å²) in [5, 5.41) is 7.12. The van der Waals surface area contributed by atoms with Gasteiger partial charge in [0.05, 0.1) is 16.3 Å². The number of nitrogens with zero attached hydrogens (tertiary/aromatic N) is 2. The molecule has 0 spiro atoms. The van der Waals surface area contributed by atoms with Crippen LogP contribution in [0.5, 0.6) is 0 Å². The molecule has 0 unspecified atom stereocenters. The SMILES string of the molecule is Cc1cc(NCc2conc2C)nc(-c2ccc(S(C)(=O)=O)cc2)c1. The Morgan fingerprint density at radius 3 is 2.44 bits per heavy atom. The van der Waals surface area contributed by atoms with Gasteiger partial charge in [-0.1, -0.05) is 17.3 Å². The van der Waals surface area contributed by atoms with E-state index in [4.69, 9.17) is 4.52 Å². The van der Waals surface area contributed by atoms with Crippen molar-refractivity contribution in [1.29, 1.82) is 0 Å². The fraction of sp³-hybridized carbons (Fsp3) is 0.222. The van der Waals surface area contributed by atoms with Gasteiger partial charge in [0.15, 0.2) is 9.84 Å². The Bertz CT molecular complexity index is 993. The standard InChI is InChI=1S/C18H19N3O3S/c1-12-8-17(14-4-6-16(7-5-14)25(3,22)23)20-18(9-12)19-10-15-11-24-21-13(15)2/h4-9,11H,10H2,1-3H3,(H,19,20). The van der Waals surface area contributed by atoms with Gasteiger partial charge in [-0.05, 0) is 43.7 Å². The van der Waals surface area contributed by atoms with Crippen LogP contribution in [0.2, 0.25) is 0 Å². The van der Waals surface area contributed by atoms with Gasteiger partial charge in [0.25, 0.3) is 0 Å². The highest BCUT2D eigenvalue weighted by atomic mass is 32.2. The zero-order chi connectivity index (χ0) is 18.0. The molecular weight excluding hydrogens is 338 g/mol. The largest absolute Gasteiger partial charge is 0.366 e. The van der Waals surface area contributed by atoms with Gasteiger partial charge in [-0.25, -0.2) is 13.4 Å². The molecule has 0 bridgehead atoms. The second-order valence-electron chi connectivity index (χ2n) is 5.99. The highest BCUT2D eigenvalue weighted by Gasteiger charge is 2.09. The maximum absolute atomic E-state index is 11.6. The van der Waals surface area contributed by atoms with Crippen molar-refractivity contribution in [2.24, 2.45) is 0 Å². The zero-order valence-corrected chi connectivity index (χ0v) is 15.1. The molecule has 3 rings (SSSR count). The van der Waals surface area contributed by atoms with Crippen molar-refractivity contribution in [3.05, 3.63) is 59.5 Å². The lowest BCUT2D eigenvalue weighted by Gasteiger charge is -2.09. The quantitative estimate of drug-likeness (QED) is 0.753. The topological polar surface area (TPSA) is 85.1 Å². The van der Waals surface area contributed by atoms with Crippen LogP contribution in [-0.4, -0.2) is 24.8 Å². The van der Waals surface area contributed by atoms with E-state index in [1.165, 1.54) is 6.26 Å². The van der Waals surface area contributed by atoms with E-state index in [0.29, 0.717) is 11.4 Å². The molecule has 0 aliphatic heterocycles. The number of hydrogen-bond acceptors (Lipinski definition) is 6. The Labute approximate surface area is 146 Å². The molecule has 1 N–H and O–H groups in total. The van der Waals surface area contributed by atoms with Crippen LogP contribution in [0, 0.1) is 13.8 Å². The molecule has 0 aliphatic rings. The Morgan fingerprint density at radius 1 is 1.12 bits per heavy atom. The molecule has 1 aromatic carbocycles. The van der Waals surface area contributed by atoms with Crippen molar-refractivity contribution in [3.63, 3.8) is 0 Å². The summed E-state index contributed by atoms with van der Waals surface area (Å²) in [4.78, 5) is 4.91. The predicted octanol–water partition coefficient (Wildman–Crippen LogP) is 3.37. The number of aromatic nitrogens is 2. The number of nitrogens with one attached hydrogen (secondary N) is 1. The van der Waals surface area contributed by atoms with Gasteiger partial charge in [0.1, 0.15) is 12.1 Å². The lowest BCUT2D eigenvalue weighted by atomic mass is 10.1. The van der Waals surface area contributed by atoms with E-state index >= 15 is 0 Å². The van der Waals surface area contributed by atoms with Gasteiger partial charge in [-0.15, -0.1) is 0 Å². The molecule has 2 heterocycles. The number of benzene rings is 1. The molecule has 0 saturated carbocycles. The Balaban J connectivity index is 1.85. The average Bonchev–Trinajstić information content (AvgIpc) is 2.97. The summed E-state index contributed by atoms with van der Waals surface area (Å²) in [5.41, 5.74) is 4.52. The first-order valence-corrected chi connectivity index (χ1v) is 9.65. The van der Waals surface area contributed by atoms with E-state index in [1.807, 2.05) is 26.0 Å². The summed E-state index contributed by atoms with van der Waals surface area (Å²) in [7, 11) is -3.20. The molecule has 0 amide bonds. The van der Waals surface area contributed by atoms with E-state index < -0.39 is 9.84 Å². The maximum Gasteiger partial charge on any atom is 0.175 e. The van der Waals surface area contributed by atoms with Crippen LogP contribution in [0.1, 0.15) is 16.8 Å². The lowest BCUT2D eigenvalue weighted by Crippen LogP contribution is -2.03. The molecule has 0 atom stereocenters. The summed E-state index contributed by atoms with van der Waals surface area (Å²) < 4.78 is 28.1. The lowest BCUT2D eigenvalue weighted by molar-refractivity contribution is 0.414. The first-order chi connectivity index (χ1) is 11.8. The molecule has 130 valence electrons. The van der Waals surface area contributed by atoms with E-state index in [1.54, 1.807) is 30.5 Å². The summed E-state index contributed by atoms with van der Waals surface area (Å²) in [6, 6.07) is 10.7. The third kappa shape index (κ3) is 4.06. The van der Waals surface area contributed by atoms with Crippen LogP contribution in [-0.2, 0) is 16.4 Å². The molecule has 7 heteroatoms. The van der Waals surface area contributed by atoms with Crippen molar-refractivity contribution in [1.82, 2.24) is 10.1 Å². The molecule has 6 nitrogen and oxygen atoms in total. The number of rotatable bonds is 5. The van der Waals surface area contributed by atoms with Crippen molar-refractivity contribution < 1.29 is 12.9 Å². The molecule has 0 saturated heterocycles. The van der Waals surface area contributed by atoms with E-state index in [2.05, 4.69) is 15.5 Å². The summed E-state index contributed by atoms with van der Waals surface area (Å²) in [6.45, 7) is 4.45. The Morgan fingerprint density at radius 2 is 1.84 bits per heavy atom. The van der Waals surface area contributed by atoms with Gasteiger partial charge < -0.3 is 9.84 Å². The molecule has 3 aromatic rings. The van der Waals surface area contributed by atoms with E-state index in [9.17, 15) is 8.42 Å². The summed E-state index contributed by atoms with van der Waals surface area (Å²) in [5.74, 6) is 0.739. The van der Waals surface area contributed by atoms with Crippen LogP contribution in [0.3, 0.4) is 0 Å². The first-order valence-electron chi connectivity index (χ1n) is 7.76. The molecule has 0 radical (unpaired) electrons. The first kappa shape index (κ1) is 17.2. The third-order valence-electron chi connectivity index (χ3n) is 3.86. The van der Waals surface area contributed by atoms with Crippen LogP contribution in [0.25, 0.3) is 11.3 Å². The number of aryl methyl sites for hydroxylation is 2. The van der Waals surface area contributed by atoms with Crippen molar-refractivity contribution in [2.45, 2.75) is 25.3 Å². The van der Waals surface area contributed by atoms with Gasteiger partial charge in [0, 0.05) is 23.9 Å².